The first kappa shape index (κ1) is 16.8. The topological polar surface area (TPSA) is 61.4 Å². The number of piperidine rings is 1. The molecular formula is C13H19Cl2N3O2S. The average molecular weight is 352 g/mol. The van der Waals surface area contributed by atoms with Gasteiger partial charge in [-0.15, -0.1) is 0 Å². The predicted octanol–water partition coefficient (Wildman–Crippen LogP) is 2.72. The van der Waals surface area contributed by atoms with Gasteiger partial charge in [-0.1, -0.05) is 35.7 Å². The molecule has 0 spiro atoms. The van der Waals surface area contributed by atoms with Crippen molar-refractivity contribution in [3.63, 3.8) is 0 Å². The van der Waals surface area contributed by atoms with Gasteiger partial charge in [-0.25, -0.2) is 0 Å². The van der Waals surface area contributed by atoms with Gasteiger partial charge in [0, 0.05) is 19.1 Å². The Balaban J connectivity index is 2.22. The van der Waals surface area contributed by atoms with E-state index in [1.54, 1.807) is 18.2 Å². The molecule has 118 valence electrons. The Hall–Kier alpha value is -0.530. The molecule has 1 unspecified atom stereocenters. The molecule has 1 atom stereocenters. The lowest BCUT2D eigenvalue weighted by Gasteiger charge is -2.34. The highest BCUT2D eigenvalue weighted by Gasteiger charge is 2.32. The van der Waals surface area contributed by atoms with Crippen LogP contribution in [0, 0.1) is 0 Å². The van der Waals surface area contributed by atoms with Gasteiger partial charge in [0.2, 0.25) is 0 Å². The highest BCUT2D eigenvalue weighted by Crippen LogP contribution is 2.31. The number of benzene rings is 1. The molecule has 1 aromatic rings. The zero-order valence-corrected chi connectivity index (χ0v) is 14.1. The number of hydrogen-bond acceptors (Lipinski definition) is 3. The van der Waals surface area contributed by atoms with E-state index >= 15 is 0 Å². The second kappa shape index (κ2) is 7.15. The summed E-state index contributed by atoms with van der Waals surface area (Å²) in [6.45, 7) is 1.14. The second-order valence-corrected chi connectivity index (χ2v) is 7.43. The summed E-state index contributed by atoms with van der Waals surface area (Å²) < 4.78 is 29.2. The molecule has 1 heterocycles. The molecule has 0 amide bonds. The molecule has 21 heavy (non-hydrogen) atoms. The summed E-state index contributed by atoms with van der Waals surface area (Å²) in [5.74, 6) is 0. The van der Waals surface area contributed by atoms with Crippen LogP contribution in [0.25, 0.3) is 0 Å². The number of likely N-dealkylation sites (N-methyl/N-ethyl adjacent to an activating group) is 1. The smallest absolute Gasteiger partial charge is 0.301 e. The third-order valence-corrected chi connectivity index (χ3v) is 5.91. The van der Waals surface area contributed by atoms with Crippen molar-refractivity contribution in [3.8, 4) is 0 Å². The number of halogens is 2. The van der Waals surface area contributed by atoms with E-state index in [1.807, 2.05) is 7.05 Å². The molecule has 1 aromatic carbocycles. The summed E-state index contributed by atoms with van der Waals surface area (Å²) in [6, 6.07) is 4.84. The maximum atomic E-state index is 12.6. The highest BCUT2D eigenvalue weighted by atomic mass is 35.5. The van der Waals surface area contributed by atoms with Crippen LogP contribution < -0.4 is 10.0 Å². The zero-order chi connectivity index (χ0) is 15.5. The third-order valence-electron chi connectivity index (χ3n) is 3.51. The minimum Gasteiger partial charge on any atom is -0.318 e. The molecule has 1 saturated heterocycles. The van der Waals surface area contributed by atoms with E-state index in [0.29, 0.717) is 23.8 Å². The van der Waals surface area contributed by atoms with Crippen molar-refractivity contribution in [3.05, 3.63) is 28.2 Å². The third kappa shape index (κ3) is 4.02. The fraction of sp³-hybridized carbons (Fsp3) is 0.538. The first-order valence-corrected chi connectivity index (χ1v) is 9.03. The summed E-state index contributed by atoms with van der Waals surface area (Å²) in [4.78, 5) is 0. The molecule has 1 aliphatic rings. The van der Waals surface area contributed by atoms with Crippen LogP contribution in [0.4, 0.5) is 5.69 Å². The van der Waals surface area contributed by atoms with E-state index in [9.17, 15) is 8.42 Å². The SMILES string of the molecule is CNCC1CCCCN1S(=O)(=O)Nc1cccc(Cl)c1Cl. The van der Waals surface area contributed by atoms with Crippen LogP contribution in [0.3, 0.4) is 0 Å². The largest absolute Gasteiger partial charge is 0.318 e. The van der Waals surface area contributed by atoms with Crippen LogP contribution in [-0.2, 0) is 10.2 Å². The maximum Gasteiger partial charge on any atom is 0.301 e. The van der Waals surface area contributed by atoms with Gasteiger partial charge < -0.3 is 5.32 Å². The van der Waals surface area contributed by atoms with Gasteiger partial charge in [-0.3, -0.25) is 4.72 Å². The average Bonchev–Trinajstić information content (AvgIpc) is 2.44. The molecule has 2 N–H and O–H groups in total. The monoisotopic (exact) mass is 351 g/mol. The van der Waals surface area contributed by atoms with E-state index in [-0.39, 0.29) is 11.1 Å². The molecule has 0 radical (unpaired) electrons. The summed E-state index contributed by atoms with van der Waals surface area (Å²) in [6.07, 6.45) is 2.76. The first-order chi connectivity index (χ1) is 9.95. The number of anilines is 1. The molecule has 2 rings (SSSR count). The summed E-state index contributed by atoms with van der Waals surface area (Å²) in [7, 11) is -1.83. The van der Waals surface area contributed by atoms with E-state index < -0.39 is 10.2 Å². The Morgan fingerprint density at radius 1 is 1.33 bits per heavy atom. The van der Waals surface area contributed by atoms with Crippen LogP contribution in [0.15, 0.2) is 18.2 Å². The van der Waals surface area contributed by atoms with E-state index in [1.165, 1.54) is 4.31 Å². The normalized spacial score (nSPS) is 20.4. The Labute approximate surface area is 135 Å². The fourth-order valence-electron chi connectivity index (χ4n) is 2.51. The van der Waals surface area contributed by atoms with Gasteiger partial charge >= 0.3 is 10.2 Å². The fourth-order valence-corrected chi connectivity index (χ4v) is 4.42. The lowest BCUT2D eigenvalue weighted by atomic mass is 10.1. The molecule has 5 nitrogen and oxygen atoms in total. The van der Waals surface area contributed by atoms with E-state index in [2.05, 4.69) is 10.0 Å². The lowest BCUT2D eigenvalue weighted by molar-refractivity contribution is 0.250. The van der Waals surface area contributed by atoms with Gasteiger partial charge in [0.25, 0.3) is 0 Å². The van der Waals surface area contributed by atoms with Gasteiger partial charge in [0.15, 0.2) is 0 Å². The quantitative estimate of drug-likeness (QED) is 0.857. The maximum absolute atomic E-state index is 12.6. The summed E-state index contributed by atoms with van der Waals surface area (Å²) in [5, 5.41) is 3.58. The molecular weight excluding hydrogens is 333 g/mol. The molecule has 0 aromatic heterocycles. The molecule has 8 heteroatoms. The zero-order valence-electron chi connectivity index (χ0n) is 11.8. The highest BCUT2D eigenvalue weighted by molar-refractivity contribution is 7.90. The van der Waals surface area contributed by atoms with Crippen molar-refractivity contribution < 1.29 is 8.42 Å². The van der Waals surface area contributed by atoms with Crippen LogP contribution in [0.1, 0.15) is 19.3 Å². The van der Waals surface area contributed by atoms with Gasteiger partial charge in [-0.05, 0) is 32.0 Å². The minimum atomic E-state index is -3.65. The van der Waals surface area contributed by atoms with Crippen LogP contribution in [0.2, 0.25) is 10.0 Å². The van der Waals surface area contributed by atoms with Crippen molar-refractivity contribution >= 4 is 39.1 Å². The second-order valence-electron chi connectivity index (χ2n) is 5.03. The summed E-state index contributed by atoms with van der Waals surface area (Å²) in [5.41, 5.74) is 0.304. The molecule has 0 bridgehead atoms. The van der Waals surface area contributed by atoms with E-state index in [0.717, 1.165) is 19.3 Å². The number of hydrogen-bond donors (Lipinski definition) is 2. The van der Waals surface area contributed by atoms with Crippen molar-refractivity contribution in [2.24, 2.45) is 0 Å². The molecule has 1 fully saturated rings. The van der Waals surface area contributed by atoms with Crippen molar-refractivity contribution in [1.82, 2.24) is 9.62 Å². The minimum absolute atomic E-state index is 0.0424. The molecule has 1 aliphatic heterocycles. The van der Waals surface area contributed by atoms with Gasteiger partial charge in [-0.2, -0.15) is 12.7 Å². The molecule has 0 saturated carbocycles. The Morgan fingerprint density at radius 2 is 2.10 bits per heavy atom. The molecule has 0 aliphatic carbocycles. The van der Waals surface area contributed by atoms with Crippen molar-refractivity contribution in [2.75, 3.05) is 24.9 Å². The number of rotatable bonds is 5. The Kier molecular flexibility index (Phi) is 5.73. The Morgan fingerprint density at radius 3 is 2.81 bits per heavy atom. The van der Waals surface area contributed by atoms with Crippen LogP contribution >= 0.6 is 23.2 Å². The van der Waals surface area contributed by atoms with Crippen molar-refractivity contribution in [2.45, 2.75) is 25.3 Å². The standard InChI is InChI=1S/C13H19Cl2N3O2S/c1-16-9-10-5-2-3-8-18(10)21(19,20)17-12-7-4-6-11(14)13(12)15/h4,6-7,10,16-17H,2-3,5,8-9H2,1H3. The summed E-state index contributed by atoms with van der Waals surface area (Å²) >= 11 is 12.0. The number of nitrogens with one attached hydrogen (secondary N) is 2. The van der Waals surface area contributed by atoms with Gasteiger partial charge in [0.05, 0.1) is 15.7 Å². The van der Waals surface area contributed by atoms with Crippen LogP contribution in [0.5, 0.6) is 0 Å². The van der Waals surface area contributed by atoms with Gasteiger partial charge in [0.1, 0.15) is 0 Å². The van der Waals surface area contributed by atoms with Crippen LogP contribution in [-0.4, -0.2) is 38.9 Å². The first-order valence-electron chi connectivity index (χ1n) is 6.84. The lowest BCUT2D eigenvalue weighted by Crippen LogP contribution is -2.49. The predicted molar refractivity (Wildman–Crippen MR) is 87.3 cm³/mol. The number of nitrogens with zero attached hydrogens (tertiary/aromatic N) is 1. The van der Waals surface area contributed by atoms with Crippen molar-refractivity contribution in [1.29, 1.82) is 0 Å². The Bertz CT molecular complexity index is 593. The van der Waals surface area contributed by atoms with E-state index in [4.69, 9.17) is 23.2 Å².